The number of hydrogen-bond acceptors (Lipinski definition) is 3. The van der Waals surface area contributed by atoms with Gasteiger partial charge >= 0.3 is 0 Å². The average Bonchev–Trinajstić information content (AvgIpc) is 2.58. The molecule has 0 unspecified atom stereocenters. The van der Waals surface area contributed by atoms with Crippen LogP contribution in [0.3, 0.4) is 0 Å². The lowest BCUT2D eigenvalue weighted by molar-refractivity contribution is 0.0992. The fourth-order valence-corrected chi connectivity index (χ4v) is 4.46. The molecule has 1 aliphatic heterocycles. The summed E-state index contributed by atoms with van der Waals surface area (Å²) in [4.78, 5) is 0. The number of fused-ring (bicyclic) bond motifs is 1. The van der Waals surface area contributed by atoms with Crippen LogP contribution >= 0.6 is 0 Å². The van der Waals surface area contributed by atoms with E-state index < -0.39 is 0 Å². The Morgan fingerprint density at radius 2 is 2.04 bits per heavy atom. The summed E-state index contributed by atoms with van der Waals surface area (Å²) in [7, 11) is 1.70. The fraction of sp³-hybridized carbons (Fsp3) is 0.565. The quantitative estimate of drug-likeness (QED) is 0.727. The predicted octanol–water partition coefficient (Wildman–Crippen LogP) is 5.30. The highest BCUT2D eigenvalue weighted by Gasteiger charge is 2.37. The Labute approximate surface area is 157 Å². The summed E-state index contributed by atoms with van der Waals surface area (Å²) < 4.78 is 11.9. The summed E-state index contributed by atoms with van der Waals surface area (Å²) in [5, 5.41) is 9.79. The van der Waals surface area contributed by atoms with Gasteiger partial charge in [0.15, 0.2) is 0 Å². The van der Waals surface area contributed by atoms with E-state index in [0.29, 0.717) is 5.92 Å². The molecule has 1 aromatic carbocycles. The maximum atomic E-state index is 9.79. The van der Waals surface area contributed by atoms with Crippen molar-refractivity contribution in [1.29, 1.82) is 0 Å². The minimum Gasteiger partial charge on any atom is -0.496 e. The second-order valence-electron chi connectivity index (χ2n) is 8.68. The number of benzene rings is 1. The van der Waals surface area contributed by atoms with Gasteiger partial charge in [0.05, 0.1) is 19.3 Å². The molecule has 2 aliphatic rings. The molecule has 1 aromatic rings. The third-order valence-corrected chi connectivity index (χ3v) is 6.11. The van der Waals surface area contributed by atoms with Crippen molar-refractivity contribution in [1.82, 2.24) is 0 Å². The summed E-state index contributed by atoms with van der Waals surface area (Å²) in [5.74, 6) is 2.16. The molecule has 3 rings (SSSR count). The summed E-state index contributed by atoms with van der Waals surface area (Å²) >= 11 is 0. The van der Waals surface area contributed by atoms with Crippen molar-refractivity contribution in [3.63, 3.8) is 0 Å². The maximum Gasteiger partial charge on any atom is 0.131 e. The zero-order chi connectivity index (χ0) is 18.9. The highest BCUT2D eigenvalue weighted by Crippen LogP contribution is 2.46. The standard InChI is InChI=1S/C23H32O3/c1-16-13-20(25-5)18-8-11-23(4,26-21(18)14-16)12-9-19-17(15-24)7-6-10-22(19,2)3/h7-8,11,13-14,19,24H,6,9-10,12,15H2,1-5H3/t19-,23-/m1/s1. The smallest absolute Gasteiger partial charge is 0.131 e. The van der Waals surface area contributed by atoms with E-state index in [9.17, 15) is 5.11 Å². The summed E-state index contributed by atoms with van der Waals surface area (Å²) in [5.41, 5.74) is 3.24. The van der Waals surface area contributed by atoms with Crippen molar-refractivity contribution in [2.24, 2.45) is 11.3 Å². The molecule has 0 saturated heterocycles. The molecule has 1 aliphatic carbocycles. The van der Waals surface area contributed by atoms with Gasteiger partial charge < -0.3 is 14.6 Å². The Kier molecular flexibility index (Phi) is 5.21. The lowest BCUT2D eigenvalue weighted by Crippen LogP contribution is -2.36. The summed E-state index contributed by atoms with van der Waals surface area (Å²) in [6.45, 7) is 9.03. The number of aliphatic hydroxyl groups is 1. The Bertz CT molecular complexity index is 729. The van der Waals surface area contributed by atoms with Gasteiger partial charge in [-0.25, -0.2) is 0 Å². The number of hydrogen-bond donors (Lipinski definition) is 1. The third-order valence-electron chi connectivity index (χ3n) is 6.11. The van der Waals surface area contributed by atoms with Crippen molar-refractivity contribution in [3.05, 3.63) is 41.0 Å². The molecule has 2 atom stereocenters. The van der Waals surface area contributed by atoms with Gasteiger partial charge in [0.2, 0.25) is 0 Å². The van der Waals surface area contributed by atoms with Crippen molar-refractivity contribution < 1.29 is 14.6 Å². The molecule has 0 spiro atoms. The van der Waals surface area contributed by atoms with Gasteiger partial charge in [0.1, 0.15) is 17.1 Å². The molecular weight excluding hydrogens is 324 g/mol. The highest BCUT2D eigenvalue weighted by atomic mass is 16.5. The second-order valence-corrected chi connectivity index (χ2v) is 8.68. The molecule has 0 fully saturated rings. The van der Waals surface area contributed by atoms with Crippen LogP contribution in [0.25, 0.3) is 6.08 Å². The Morgan fingerprint density at radius 1 is 1.27 bits per heavy atom. The first-order chi connectivity index (χ1) is 12.3. The van der Waals surface area contributed by atoms with E-state index in [2.05, 4.69) is 52.0 Å². The molecule has 26 heavy (non-hydrogen) atoms. The first-order valence-corrected chi connectivity index (χ1v) is 9.65. The molecule has 142 valence electrons. The van der Waals surface area contributed by atoms with Crippen LogP contribution in [0.15, 0.2) is 29.9 Å². The van der Waals surface area contributed by atoms with E-state index >= 15 is 0 Å². The van der Waals surface area contributed by atoms with Gasteiger partial charge in [0.25, 0.3) is 0 Å². The van der Waals surface area contributed by atoms with Crippen LogP contribution in [0.2, 0.25) is 0 Å². The minimum atomic E-state index is -0.333. The number of rotatable bonds is 5. The minimum absolute atomic E-state index is 0.167. The second kappa shape index (κ2) is 7.11. The monoisotopic (exact) mass is 356 g/mol. The molecule has 0 bridgehead atoms. The van der Waals surface area contributed by atoms with Gasteiger partial charge in [-0.1, -0.05) is 19.9 Å². The summed E-state index contributed by atoms with van der Waals surface area (Å²) in [6, 6.07) is 4.13. The number of allylic oxidation sites excluding steroid dienone is 1. The normalized spacial score (nSPS) is 26.7. The molecule has 1 N–H and O–H groups in total. The SMILES string of the molecule is COc1cc(C)cc2c1C=C[C@](C)(CC[C@@H]1C(CO)=CCCC1(C)C)O2. The zero-order valence-corrected chi connectivity index (χ0v) is 16.8. The van der Waals surface area contributed by atoms with Crippen molar-refractivity contribution in [3.8, 4) is 11.5 Å². The Balaban J connectivity index is 1.78. The number of aliphatic hydroxyl groups excluding tert-OH is 1. The molecule has 3 heteroatoms. The molecule has 3 nitrogen and oxygen atoms in total. The fourth-order valence-electron chi connectivity index (χ4n) is 4.46. The molecule has 0 radical (unpaired) electrons. The van der Waals surface area contributed by atoms with E-state index in [1.165, 1.54) is 12.0 Å². The molecule has 0 amide bonds. The third kappa shape index (κ3) is 3.68. The number of ether oxygens (including phenoxy) is 2. The topological polar surface area (TPSA) is 38.7 Å². The van der Waals surface area contributed by atoms with E-state index in [0.717, 1.165) is 41.9 Å². The number of aryl methyl sites for hydroxylation is 1. The zero-order valence-electron chi connectivity index (χ0n) is 16.8. The van der Waals surface area contributed by atoms with Crippen molar-refractivity contribution in [2.45, 2.75) is 59.0 Å². The number of methoxy groups -OCH3 is 1. The lowest BCUT2D eigenvalue weighted by Gasteiger charge is -2.41. The largest absolute Gasteiger partial charge is 0.496 e. The Morgan fingerprint density at radius 3 is 2.73 bits per heavy atom. The van der Waals surface area contributed by atoms with Crippen LogP contribution in [0, 0.1) is 18.3 Å². The van der Waals surface area contributed by atoms with E-state index in [1.807, 2.05) is 6.07 Å². The molecule has 0 saturated carbocycles. The van der Waals surface area contributed by atoms with Crippen LogP contribution in [0.4, 0.5) is 0 Å². The van der Waals surface area contributed by atoms with Crippen LogP contribution < -0.4 is 9.47 Å². The highest BCUT2D eigenvalue weighted by molar-refractivity contribution is 5.68. The van der Waals surface area contributed by atoms with Crippen LogP contribution in [-0.4, -0.2) is 24.4 Å². The van der Waals surface area contributed by atoms with Gasteiger partial charge in [-0.2, -0.15) is 0 Å². The maximum absolute atomic E-state index is 9.79. The van der Waals surface area contributed by atoms with E-state index in [-0.39, 0.29) is 17.6 Å². The van der Waals surface area contributed by atoms with Crippen molar-refractivity contribution >= 4 is 6.08 Å². The van der Waals surface area contributed by atoms with Gasteiger partial charge in [-0.3, -0.25) is 0 Å². The van der Waals surface area contributed by atoms with E-state index in [1.54, 1.807) is 7.11 Å². The molecule has 1 heterocycles. The van der Waals surface area contributed by atoms with Gasteiger partial charge in [-0.05, 0) is 86.3 Å². The lowest BCUT2D eigenvalue weighted by atomic mass is 9.66. The predicted molar refractivity (Wildman–Crippen MR) is 107 cm³/mol. The van der Waals surface area contributed by atoms with E-state index in [4.69, 9.17) is 9.47 Å². The van der Waals surface area contributed by atoms with Crippen LogP contribution in [0.1, 0.15) is 57.6 Å². The molecular formula is C23H32O3. The van der Waals surface area contributed by atoms with Gasteiger partial charge in [0, 0.05) is 0 Å². The first kappa shape index (κ1) is 19.0. The first-order valence-electron chi connectivity index (χ1n) is 9.65. The average molecular weight is 357 g/mol. The Hall–Kier alpha value is -1.74. The van der Waals surface area contributed by atoms with Crippen LogP contribution in [-0.2, 0) is 0 Å². The van der Waals surface area contributed by atoms with Crippen molar-refractivity contribution in [2.75, 3.05) is 13.7 Å². The molecule has 0 aromatic heterocycles. The van der Waals surface area contributed by atoms with Crippen LogP contribution in [0.5, 0.6) is 11.5 Å². The van der Waals surface area contributed by atoms with Gasteiger partial charge in [-0.15, -0.1) is 0 Å². The summed E-state index contributed by atoms with van der Waals surface area (Å²) in [6.07, 6.45) is 10.7.